The fourth-order valence-electron chi connectivity index (χ4n) is 3.12. The Labute approximate surface area is 138 Å². The number of amides is 1. The van der Waals surface area contributed by atoms with E-state index in [1.807, 2.05) is 0 Å². The zero-order valence-corrected chi connectivity index (χ0v) is 14.6. The number of halogens is 3. The summed E-state index contributed by atoms with van der Waals surface area (Å²) in [6.07, 6.45) is -1.42. The van der Waals surface area contributed by atoms with Gasteiger partial charge in [0, 0.05) is 19.5 Å². The molecule has 0 aliphatic carbocycles. The number of hydrogen-bond acceptors (Lipinski definition) is 2. The molecule has 4 nitrogen and oxygen atoms in total. The number of fused-ring (bicyclic) bond motifs is 1. The van der Waals surface area contributed by atoms with Crippen molar-refractivity contribution in [3.63, 3.8) is 0 Å². The number of nitrogens with zero attached hydrogens (tertiary/aromatic N) is 1. The summed E-state index contributed by atoms with van der Waals surface area (Å²) in [5.74, 6) is -0.272. The van der Waals surface area contributed by atoms with Crippen molar-refractivity contribution in [3.8, 4) is 0 Å². The molecule has 0 bridgehead atoms. The highest BCUT2D eigenvalue weighted by atomic mass is 28.3. The summed E-state index contributed by atoms with van der Waals surface area (Å²) in [6, 6.07) is 4.92. The van der Waals surface area contributed by atoms with Gasteiger partial charge in [0.15, 0.2) is 0 Å². The monoisotopic (exact) mass is 355 g/mol. The number of H-pyrrole nitrogens is 1. The van der Waals surface area contributed by atoms with Gasteiger partial charge in [-0.3, -0.25) is 4.79 Å². The van der Waals surface area contributed by atoms with Gasteiger partial charge in [-0.15, -0.1) is 0 Å². The lowest BCUT2D eigenvalue weighted by atomic mass is 10.1. The van der Waals surface area contributed by atoms with Gasteiger partial charge in [0.25, 0.3) is 5.91 Å². The maximum atomic E-state index is 12.7. The smallest absolute Gasteiger partial charge is 0.349 e. The molecule has 0 atom stereocenters. The normalized spacial score (nSPS) is 18.7. The third-order valence-electron chi connectivity index (χ3n) is 4.71. The van der Waals surface area contributed by atoms with Crippen molar-refractivity contribution >= 4 is 24.9 Å². The summed E-state index contributed by atoms with van der Waals surface area (Å²) < 4.78 is 38.1. The van der Waals surface area contributed by atoms with Gasteiger partial charge in [0.05, 0.1) is 11.7 Å². The number of carbonyl (C=O) groups excluding carboxylic acids is 1. The fourth-order valence-corrected chi connectivity index (χ4v) is 5.63. The van der Waals surface area contributed by atoms with Crippen LogP contribution in [-0.4, -0.2) is 30.0 Å². The predicted octanol–water partition coefficient (Wildman–Crippen LogP) is 4.18. The standard InChI is InChI=1S/C16H20F3N3OSi/c1-24(2)5-3-11(4-6-24)21-15(23)12-7-10-8-14(16(17,18)19)20-9-13(10)22-12/h7-9,11,22H,3-6H2,1-2H3,(H,21,23). The molecule has 8 heteroatoms. The van der Waals surface area contributed by atoms with Gasteiger partial charge in [-0.05, 0) is 25.0 Å². The van der Waals surface area contributed by atoms with Crippen LogP contribution in [0.3, 0.4) is 0 Å². The maximum Gasteiger partial charge on any atom is 0.433 e. The first-order valence-electron chi connectivity index (χ1n) is 8.01. The molecule has 0 spiro atoms. The second kappa shape index (κ2) is 5.91. The van der Waals surface area contributed by atoms with Gasteiger partial charge in [0.1, 0.15) is 11.4 Å². The van der Waals surface area contributed by atoms with E-state index < -0.39 is 19.9 Å². The second-order valence-electron chi connectivity index (χ2n) is 7.25. The number of aromatic amines is 1. The van der Waals surface area contributed by atoms with Crippen LogP contribution >= 0.6 is 0 Å². The summed E-state index contributed by atoms with van der Waals surface area (Å²) in [4.78, 5) is 18.6. The number of rotatable bonds is 2. The average Bonchev–Trinajstić information content (AvgIpc) is 2.91. The van der Waals surface area contributed by atoms with E-state index >= 15 is 0 Å². The number of nitrogens with one attached hydrogen (secondary N) is 2. The molecule has 3 rings (SSSR count). The van der Waals surface area contributed by atoms with E-state index in [0.29, 0.717) is 10.9 Å². The van der Waals surface area contributed by atoms with Crippen LogP contribution in [-0.2, 0) is 6.18 Å². The molecule has 2 aromatic rings. The summed E-state index contributed by atoms with van der Waals surface area (Å²) in [5.41, 5.74) is -0.265. The van der Waals surface area contributed by atoms with Crippen molar-refractivity contribution in [2.24, 2.45) is 0 Å². The van der Waals surface area contributed by atoms with E-state index in [0.717, 1.165) is 25.1 Å². The van der Waals surface area contributed by atoms with Crippen molar-refractivity contribution in [1.82, 2.24) is 15.3 Å². The van der Waals surface area contributed by atoms with Crippen molar-refractivity contribution in [2.45, 2.75) is 50.2 Å². The highest BCUT2D eigenvalue weighted by molar-refractivity contribution is 6.77. The number of hydrogen-bond donors (Lipinski definition) is 2. The third-order valence-corrected chi connectivity index (χ3v) is 8.00. The lowest BCUT2D eigenvalue weighted by molar-refractivity contribution is -0.141. The number of pyridine rings is 1. The molecule has 1 amide bonds. The molecule has 2 aromatic heterocycles. The average molecular weight is 355 g/mol. The number of carbonyl (C=O) groups is 1. The molecule has 1 fully saturated rings. The molecule has 0 saturated carbocycles. The van der Waals surface area contributed by atoms with Crippen molar-refractivity contribution in [2.75, 3.05) is 0 Å². The zero-order valence-electron chi connectivity index (χ0n) is 13.6. The van der Waals surface area contributed by atoms with Gasteiger partial charge in [0.2, 0.25) is 0 Å². The van der Waals surface area contributed by atoms with Gasteiger partial charge < -0.3 is 10.3 Å². The Kier molecular flexibility index (Phi) is 4.19. The summed E-state index contributed by atoms with van der Waals surface area (Å²) >= 11 is 0. The largest absolute Gasteiger partial charge is 0.433 e. The molecule has 2 N–H and O–H groups in total. The Morgan fingerprint density at radius 2 is 1.96 bits per heavy atom. The molecule has 0 unspecified atom stereocenters. The van der Waals surface area contributed by atoms with Crippen LogP contribution < -0.4 is 5.32 Å². The maximum absolute atomic E-state index is 12.7. The first kappa shape index (κ1) is 17.0. The highest BCUT2D eigenvalue weighted by Gasteiger charge is 2.33. The van der Waals surface area contributed by atoms with E-state index in [9.17, 15) is 18.0 Å². The Balaban J connectivity index is 1.73. The zero-order chi connectivity index (χ0) is 17.5. The van der Waals surface area contributed by atoms with E-state index in [1.54, 1.807) is 0 Å². The van der Waals surface area contributed by atoms with Crippen LogP contribution in [0.5, 0.6) is 0 Å². The van der Waals surface area contributed by atoms with Gasteiger partial charge in [-0.1, -0.05) is 25.2 Å². The molecule has 1 saturated heterocycles. The lowest BCUT2D eigenvalue weighted by Gasteiger charge is -2.33. The summed E-state index contributed by atoms with van der Waals surface area (Å²) in [7, 11) is -1.09. The van der Waals surface area contributed by atoms with Crippen LogP contribution in [0.15, 0.2) is 18.3 Å². The summed E-state index contributed by atoms with van der Waals surface area (Å²) in [5, 5.41) is 3.32. The Hall–Kier alpha value is -1.83. The Bertz CT molecular complexity index is 760. The Morgan fingerprint density at radius 1 is 1.29 bits per heavy atom. The van der Waals surface area contributed by atoms with E-state index in [-0.39, 0.29) is 17.6 Å². The summed E-state index contributed by atoms with van der Waals surface area (Å²) in [6.45, 7) is 4.71. The molecule has 1 aliphatic rings. The third kappa shape index (κ3) is 3.63. The molecule has 0 radical (unpaired) electrons. The quantitative estimate of drug-likeness (QED) is 0.794. The van der Waals surface area contributed by atoms with Crippen LogP contribution in [0.4, 0.5) is 13.2 Å². The topological polar surface area (TPSA) is 57.8 Å². The minimum absolute atomic E-state index is 0.147. The highest BCUT2D eigenvalue weighted by Crippen LogP contribution is 2.30. The molecule has 3 heterocycles. The van der Waals surface area contributed by atoms with Crippen LogP contribution in [0.25, 0.3) is 10.9 Å². The fraction of sp³-hybridized carbons (Fsp3) is 0.500. The minimum atomic E-state index is -4.49. The van der Waals surface area contributed by atoms with Gasteiger partial charge in [-0.2, -0.15) is 13.2 Å². The first-order valence-corrected chi connectivity index (χ1v) is 11.4. The molecule has 1 aliphatic heterocycles. The second-order valence-corrected chi connectivity index (χ2v) is 12.6. The van der Waals surface area contributed by atoms with E-state index in [1.165, 1.54) is 18.2 Å². The van der Waals surface area contributed by atoms with Gasteiger partial charge >= 0.3 is 6.18 Å². The lowest BCUT2D eigenvalue weighted by Crippen LogP contribution is -2.42. The van der Waals surface area contributed by atoms with Crippen LogP contribution in [0.1, 0.15) is 29.0 Å². The minimum Gasteiger partial charge on any atom is -0.349 e. The number of alkyl halides is 3. The first-order chi connectivity index (χ1) is 11.1. The predicted molar refractivity (Wildman–Crippen MR) is 88.7 cm³/mol. The van der Waals surface area contributed by atoms with Crippen LogP contribution in [0.2, 0.25) is 25.2 Å². The molecular weight excluding hydrogens is 335 g/mol. The SMILES string of the molecule is C[Si]1(C)CCC(NC(=O)c2cc3cc(C(F)(F)F)ncc3[nH]2)CC1. The van der Waals surface area contributed by atoms with Crippen molar-refractivity contribution < 1.29 is 18.0 Å². The molecule has 0 aromatic carbocycles. The van der Waals surface area contributed by atoms with Gasteiger partial charge in [-0.25, -0.2) is 4.98 Å². The number of aromatic nitrogens is 2. The molecule has 130 valence electrons. The molecule has 24 heavy (non-hydrogen) atoms. The van der Waals surface area contributed by atoms with Crippen LogP contribution in [0, 0.1) is 0 Å². The Morgan fingerprint density at radius 3 is 2.58 bits per heavy atom. The molecular formula is C16H20F3N3OSi. The van der Waals surface area contributed by atoms with Crippen molar-refractivity contribution in [3.05, 3.63) is 29.7 Å². The van der Waals surface area contributed by atoms with E-state index in [4.69, 9.17) is 0 Å². The van der Waals surface area contributed by atoms with E-state index in [2.05, 4.69) is 28.4 Å². The van der Waals surface area contributed by atoms with Crippen molar-refractivity contribution in [1.29, 1.82) is 0 Å².